The molecule has 27 heavy (non-hydrogen) atoms. The van der Waals surface area contributed by atoms with Gasteiger partial charge in [0.2, 0.25) is 0 Å². The topological polar surface area (TPSA) is 72.3 Å². The molecule has 4 rings (SSSR count). The molecule has 6 nitrogen and oxygen atoms in total. The fraction of sp³-hybridized carbons (Fsp3) is 0.263. The van der Waals surface area contributed by atoms with Gasteiger partial charge in [0.1, 0.15) is 5.01 Å². The molecule has 0 saturated carbocycles. The molecular formula is C19H19N3O3S2. The molecule has 0 bridgehead atoms. The van der Waals surface area contributed by atoms with Crippen molar-refractivity contribution in [3.8, 4) is 21.0 Å². The smallest absolute Gasteiger partial charge is 0.260 e. The average molecular weight is 402 g/mol. The van der Waals surface area contributed by atoms with Gasteiger partial charge in [0.25, 0.3) is 5.56 Å². The van der Waals surface area contributed by atoms with Gasteiger partial charge in [0.05, 0.1) is 21.9 Å². The van der Waals surface area contributed by atoms with Gasteiger partial charge in [-0.2, -0.15) is 0 Å². The zero-order chi connectivity index (χ0) is 19.0. The van der Waals surface area contributed by atoms with Crippen molar-refractivity contribution in [2.75, 3.05) is 29.5 Å². The molecular weight excluding hydrogens is 382 g/mol. The second kappa shape index (κ2) is 6.94. The minimum atomic E-state index is -2.88. The van der Waals surface area contributed by atoms with Crippen LogP contribution in [0, 0.1) is 0 Å². The maximum absolute atomic E-state index is 12.3. The van der Waals surface area contributed by atoms with Gasteiger partial charge < -0.3 is 9.47 Å². The molecule has 1 fully saturated rings. The van der Waals surface area contributed by atoms with Crippen molar-refractivity contribution >= 4 is 26.9 Å². The van der Waals surface area contributed by atoms with Crippen LogP contribution < -0.4 is 10.5 Å². The van der Waals surface area contributed by atoms with Crippen LogP contribution in [-0.4, -0.2) is 42.6 Å². The second-order valence-electron chi connectivity index (χ2n) is 6.55. The van der Waals surface area contributed by atoms with Gasteiger partial charge >= 0.3 is 0 Å². The van der Waals surface area contributed by atoms with Crippen LogP contribution in [0.5, 0.6) is 0 Å². The van der Waals surface area contributed by atoms with E-state index < -0.39 is 9.84 Å². The Labute approximate surface area is 161 Å². The summed E-state index contributed by atoms with van der Waals surface area (Å²) in [4.78, 5) is 19.8. The molecule has 1 aliphatic rings. The summed E-state index contributed by atoms with van der Waals surface area (Å²) in [5, 5.41) is 0.705. The summed E-state index contributed by atoms with van der Waals surface area (Å²) in [5.41, 5.74) is 2.59. The lowest BCUT2D eigenvalue weighted by molar-refractivity contribution is 0.587. The Kier molecular flexibility index (Phi) is 4.61. The van der Waals surface area contributed by atoms with Crippen molar-refractivity contribution in [3.63, 3.8) is 0 Å². The van der Waals surface area contributed by atoms with Crippen LogP contribution in [0.4, 0.5) is 5.69 Å². The lowest BCUT2D eigenvalue weighted by atomic mass is 10.2. The molecule has 1 aromatic carbocycles. The van der Waals surface area contributed by atoms with E-state index in [0.29, 0.717) is 23.7 Å². The third-order valence-corrected chi connectivity index (χ3v) is 7.41. The van der Waals surface area contributed by atoms with E-state index >= 15 is 0 Å². The molecule has 8 heteroatoms. The molecule has 0 aliphatic carbocycles. The molecule has 0 atom stereocenters. The van der Waals surface area contributed by atoms with Gasteiger partial charge in [-0.3, -0.25) is 4.79 Å². The normalized spacial score (nSPS) is 16.4. The molecule has 1 saturated heterocycles. The number of rotatable bonds is 3. The molecule has 0 radical (unpaired) electrons. The fourth-order valence-electron chi connectivity index (χ4n) is 3.10. The van der Waals surface area contributed by atoms with Crippen molar-refractivity contribution in [2.45, 2.75) is 0 Å². The second-order valence-corrected chi connectivity index (χ2v) is 9.89. The van der Waals surface area contributed by atoms with Gasteiger partial charge in [-0.15, -0.1) is 11.3 Å². The van der Waals surface area contributed by atoms with Crippen LogP contribution in [0.2, 0.25) is 0 Å². The molecule has 0 unspecified atom stereocenters. The Balaban J connectivity index is 1.56. The summed E-state index contributed by atoms with van der Waals surface area (Å²) in [6.07, 6.45) is 3.51. The largest absolute Gasteiger partial charge is 0.369 e. The summed E-state index contributed by atoms with van der Waals surface area (Å²) < 4.78 is 24.7. The van der Waals surface area contributed by atoms with Gasteiger partial charge in [0, 0.05) is 38.2 Å². The van der Waals surface area contributed by atoms with Crippen LogP contribution in [0.1, 0.15) is 0 Å². The maximum Gasteiger partial charge on any atom is 0.260 e. The molecule has 1 aliphatic heterocycles. The Morgan fingerprint density at radius 2 is 1.78 bits per heavy atom. The van der Waals surface area contributed by atoms with Crippen LogP contribution in [-0.2, 0) is 16.9 Å². The number of hydrogen-bond acceptors (Lipinski definition) is 6. The van der Waals surface area contributed by atoms with E-state index in [4.69, 9.17) is 0 Å². The summed E-state index contributed by atoms with van der Waals surface area (Å²) in [6, 6.07) is 11.7. The van der Waals surface area contributed by atoms with Gasteiger partial charge in [0.15, 0.2) is 9.84 Å². The van der Waals surface area contributed by atoms with Crippen LogP contribution in [0.15, 0.2) is 53.6 Å². The average Bonchev–Trinajstić information content (AvgIpc) is 3.14. The van der Waals surface area contributed by atoms with E-state index in [2.05, 4.69) is 9.88 Å². The van der Waals surface area contributed by atoms with Crippen molar-refractivity contribution in [2.24, 2.45) is 7.05 Å². The van der Waals surface area contributed by atoms with Gasteiger partial charge in [-0.1, -0.05) is 12.1 Å². The number of aromatic nitrogens is 2. The SMILES string of the molecule is Cn1cccc(-c2ncc(-c3ccc(N4CCS(=O)(=O)CC4)cc3)s2)c1=O. The number of hydrogen-bond donors (Lipinski definition) is 0. The molecule has 3 heterocycles. The number of thiazole rings is 1. The molecule has 3 aromatic rings. The molecule has 0 amide bonds. The van der Waals surface area contributed by atoms with E-state index in [1.165, 1.54) is 11.3 Å². The van der Waals surface area contributed by atoms with E-state index in [0.717, 1.165) is 16.1 Å². The highest BCUT2D eigenvalue weighted by Crippen LogP contribution is 2.32. The lowest BCUT2D eigenvalue weighted by Gasteiger charge is -2.28. The third-order valence-electron chi connectivity index (χ3n) is 4.72. The number of aryl methyl sites for hydroxylation is 1. The van der Waals surface area contributed by atoms with Crippen molar-refractivity contribution in [1.82, 2.24) is 9.55 Å². The Bertz CT molecular complexity index is 1120. The van der Waals surface area contributed by atoms with E-state index in [1.54, 1.807) is 30.1 Å². The van der Waals surface area contributed by atoms with Gasteiger partial charge in [-0.25, -0.2) is 13.4 Å². The first-order chi connectivity index (χ1) is 12.9. The van der Waals surface area contributed by atoms with Crippen molar-refractivity contribution < 1.29 is 8.42 Å². The summed E-state index contributed by atoms with van der Waals surface area (Å²) in [5.74, 6) is 0.415. The summed E-state index contributed by atoms with van der Waals surface area (Å²) in [7, 11) is -1.15. The first-order valence-electron chi connectivity index (χ1n) is 8.61. The number of sulfone groups is 1. The zero-order valence-electron chi connectivity index (χ0n) is 14.8. The highest BCUT2D eigenvalue weighted by atomic mass is 32.2. The monoisotopic (exact) mass is 401 g/mol. The summed E-state index contributed by atoms with van der Waals surface area (Å²) >= 11 is 1.49. The first-order valence-corrected chi connectivity index (χ1v) is 11.2. The number of pyridine rings is 1. The van der Waals surface area contributed by atoms with Crippen LogP contribution >= 0.6 is 11.3 Å². The predicted molar refractivity (Wildman–Crippen MR) is 109 cm³/mol. The Morgan fingerprint density at radius 3 is 2.48 bits per heavy atom. The van der Waals surface area contributed by atoms with Crippen molar-refractivity contribution in [1.29, 1.82) is 0 Å². The summed E-state index contributed by atoms with van der Waals surface area (Å²) in [6.45, 7) is 1.06. The first kappa shape index (κ1) is 17.9. The minimum Gasteiger partial charge on any atom is -0.369 e. The van der Waals surface area contributed by atoms with Crippen molar-refractivity contribution in [3.05, 3.63) is 59.1 Å². The molecule has 0 spiro atoms. The van der Waals surface area contributed by atoms with E-state index in [1.807, 2.05) is 30.3 Å². The fourth-order valence-corrected chi connectivity index (χ4v) is 5.24. The lowest BCUT2D eigenvalue weighted by Crippen LogP contribution is -2.40. The Morgan fingerprint density at radius 1 is 1.07 bits per heavy atom. The number of benzene rings is 1. The number of anilines is 1. The third kappa shape index (κ3) is 3.68. The molecule has 2 aromatic heterocycles. The number of nitrogens with zero attached hydrogens (tertiary/aromatic N) is 3. The highest BCUT2D eigenvalue weighted by molar-refractivity contribution is 7.91. The quantitative estimate of drug-likeness (QED) is 0.674. The maximum atomic E-state index is 12.3. The molecule has 0 N–H and O–H groups in total. The minimum absolute atomic E-state index is 0.0613. The Hall–Kier alpha value is -2.45. The van der Waals surface area contributed by atoms with E-state index in [-0.39, 0.29) is 17.1 Å². The van der Waals surface area contributed by atoms with Crippen LogP contribution in [0.3, 0.4) is 0 Å². The van der Waals surface area contributed by atoms with Gasteiger partial charge in [-0.05, 0) is 29.8 Å². The predicted octanol–water partition coefficient (Wildman–Crippen LogP) is 2.41. The standard InChI is InChI=1S/C19H19N3O3S2/c1-21-8-2-3-16(19(21)23)18-20-13-17(26-18)14-4-6-15(7-5-14)22-9-11-27(24,25)12-10-22/h2-8,13H,9-12H2,1H3. The van der Waals surface area contributed by atoms with E-state index in [9.17, 15) is 13.2 Å². The molecule has 140 valence electrons. The highest BCUT2D eigenvalue weighted by Gasteiger charge is 2.21. The zero-order valence-corrected chi connectivity index (χ0v) is 16.5. The van der Waals surface area contributed by atoms with Crippen LogP contribution in [0.25, 0.3) is 21.0 Å².